The Balaban J connectivity index is 2.50. The zero-order valence-electron chi connectivity index (χ0n) is 10.7. The van der Waals surface area contributed by atoms with E-state index in [1.807, 2.05) is 6.07 Å². The molecule has 0 amide bonds. The first-order valence-corrected chi connectivity index (χ1v) is 7.12. The lowest BCUT2D eigenvalue weighted by atomic mass is 10.1. The van der Waals surface area contributed by atoms with Gasteiger partial charge in [0.15, 0.2) is 0 Å². The van der Waals surface area contributed by atoms with Crippen LogP contribution in [0.1, 0.15) is 20.3 Å². The van der Waals surface area contributed by atoms with Gasteiger partial charge in [0.1, 0.15) is 18.0 Å². The van der Waals surface area contributed by atoms with Crippen LogP contribution in [0.3, 0.4) is 0 Å². The first-order valence-electron chi connectivity index (χ1n) is 5.95. The molecule has 1 aromatic carbocycles. The largest absolute Gasteiger partial charge is 0.489 e. The Bertz CT molecular complexity index is 385. The topological polar surface area (TPSA) is 41.5 Å². The number of halogens is 2. The summed E-state index contributed by atoms with van der Waals surface area (Å²) in [6.45, 7) is 5.39. The van der Waals surface area contributed by atoms with Gasteiger partial charge in [0.25, 0.3) is 0 Å². The smallest absolute Gasteiger partial charge is 0.139 e. The fourth-order valence-corrected chi connectivity index (χ4v) is 1.92. The van der Waals surface area contributed by atoms with Crippen molar-refractivity contribution in [2.45, 2.75) is 25.9 Å². The zero-order valence-corrected chi connectivity index (χ0v) is 13.0. The minimum Gasteiger partial charge on any atom is -0.489 e. The van der Waals surface area contributed by atoms with Crippen LogP contribution < -0.4 is 10.1 Å². The molecule has 18 heavy (non-hydrogen) atoms. The zero-order chi connectivity index (χ0) is 13.6. The Morgan fingerprint density at radius 3 is 2.89 bits per heavy atom. The molecule has 0 aliphatic heterocycles. The van der Waals surface area contributed by atoms with Crippen LogP contribution in [-0.2, 0) is 0 Å². The SMILES string of the molecule is CCCNCC(C)(O)COc1cc(Br)ccc1Cl. The second-order valence-electron chi connectivity index (χ2n) is 4.54. The number of rotatable bonds is 7. The molecule has 1 aromatic rings. The molecule has 0 aromatic heterocycles. The van der Waals surface area contributed by atoms with E-state index >= 15 is 0 Å². The van der Waals surface area contributed by atoms with E-state index in [0.717, 1.165) is 17.4 Å². The predicted octanol–water partition coefficient (Wildman–Crippen LogP) is 3.23. The van der Waals surface area contributed by atoms with Crippen LogP contribution in [0, 0.1) is 0 Å². The van der Waals surface area contributed by atoms with Gasteiger partial charge < -0.3 is 15.2 Å². The van der Waals surface area contributed by atoms with Crippen LogP contribution in [0.4, 0.5) is 0 Å². The summed E-state index contributed by atoms with van der Waals surface area (Å²) in [4.78, 5) is 0. The van der Waals surface area contributed by atoms with Crippen molar-refractivity contribution in [1.29, 1.82) is 0 Å². The van der Waals surface area contributed by atoms with Gasteiger partial charge >= 0.3 is 0 Å². The van der Waals surface area contributed by atoms with Crippen molar-refractivity contribution in [1.82, 2.24) is 5.32 Å². The van der Waals surface area contributed by atoms with Crippen LogP contribution >= 0.6 is 27.5 Å². The van der Waals surface area contributed by atoms with Gasteiger partial charge in [0, 0.05) is 11.0 Å². The minimum absolute atomic E-state index is 0.194. The van der Waals surface area contributed by atoms with E-state index in [-0.39, 0.29) is 6.61 Å². The van der Waals surface area contributed by atoms with Gasteiger partial charge in [-0.25, -0.2) is 0 Å². The molecule has 5 heteroatoms. The summed E-state index contributed by atoms with van der Waals surface area (Å²) in [5, 5.41) is 13.8. The highest BCUT2D eigenvalue weighted by Crippen LogP contribution is 2.28. The van der Waals surface area contributed by atoms with Gasteiger partial charge in [0.05, 0.1) is 5.02 Å². The van der Waals surface area contributed by atoms with Gasteiger partial charge in [-0.1, -0.05) is 34.5 Å². The molecule has 1 rings (SSSR count). The molecule has 0 heterocycles. The van der Waals surface area contributed by atoms with E-state index in [9.17, 15) is 5.11 Å². The van der Waals surface area contributed by atoms with Gasteiger partial charge in [-0.3, -0.25) is 0 Å². The molecular weight excluding hydrogens is 318 g/mol. The molecule has 1 atom stereocenters. The second-order valence-corrected chi connectivity index (χ2v) is 5.86. The number of hydrogen-bond acceptors (Lipinski definition) is 3. The van der Waals surface area contributed by atoms with E-state index in [0.29, 0.717) is 17.3 Å². The Morgan fingerprint density at radius 2 is 2.22 bits per heavy atom. The average Bonchev–Trinajstić information content (AvgIpc) is 2.31. The summed E-state index contributed by atoms with van der Waals surface area (Å²) in [7, 11) is 0. The Kier molecular flexibility index (Phi) is 6.43. The van der Waals surface area contributed by atoms with Crippen LogP contribution in [0.5, 0.6) is 5.75 Å². The van der Waals surface area contributed by atoms with E-state index in [4.69, 9.17) is 16.3 Å². The number of ether oxygens (including phenoxy) is 1. The van der Waals surface area contributed by atoms with E-state index in [1.165, 1.54) is 0 Å². The molecule has 0 fully saturated rings. The lowest BCUT2D eigenvalue weighted by Crippen LogP contribution is -2.43. The molecule has 0 bridgehead atoms. The number of aliphatic hydroxyl groups is 1. The molecule has 3 nitrogen and oxygen atoms in total. The normalized spacial score (nSPS) is 14.3. The van der Waals surface area contributed by atoms with Gasteiger partial charge in [-0.2, -0.15) is 0 Å². The predicted molar refractivity (Wildman–Crippen MR) is 78.4 cm³/mol. The Morgan fingerprint density at radius 1 is 1.50 bits per heavy atom. The van der Waals surface area contributed by atoms with E-state index in [2.05, 4.69) is 28.2 Å². The maximum atomic E-state index is 10.1. The highest BCUT2D eigenvalue weighted by molar-refractivity contribution is 9.10. The van der Waals surface area contributed by atoms with Crippen LogP contribution in [-0.4, -0.2) is 30.4 Å². The summed E-state index contributed by atoms with van der Waals surface area (Å²) >= 11 is 9.36. The van der Waals surface area contributed by atoms with Gasteiger partial charge in [0.2, 0.25) is 0 Å². The molecule has 0 saturated carbocycles. The fraction of sp³-hybridized carbons (Fsp3) is 0.538. The summed E-state index contributed by atoms with van der Waals surface area (Å²) < 4.78 is 6.46. The molecule has 0 radical (unpaired) electrons. The third kappa shape index (κ3) is 5.57. The third-order valence-electron chi connectivity index (χ3n) is 2.36. The lowest BCUT2D eigenvalue weighted by Gasteiger charge is -2.24. The first-order chi connectivity index (χ1) is 8.44. The van der Waals surface area contributed by atoms with Gasteiger partial charge in [-0.15, -0.1) is 0 Å². The van der Waals surface area contributed by atoms with Crippen molar-refractivity contribution in [2.75, 3.05) is 19.7 Å². The van der Waals surface area contributed by atoms with Crippen molar-refractivity contribution in [3.8, 4) is 5.75 Å². The summed E-state index contributed by atoms with van der Waals surface area (Å²) in [5.74, 6) is 0.571. The second kappa shape index (κ2) is 7.34. The fourth-order valence-electron chi connectivity index (χ4n) is 1.41. The molecule has 2 N–H and O–H groups in total. The highest BCUT2D eigenvalue weighted by atomic mass is 79.9. The lowest BCUT2D eigenvalue weighted by molar-refractivity contribution is 0.0125. The number of nitrogens with one attached hydrogen (secondary N) is 1. The van der Waals surface area contributed by atoms with Crippen molar-refractivity contribution >= 4 is 27.5 Å². The first kappa shape index (κ1) is 15.8. The van der Waals surface area contributed by atoms with E-state index < -0.39 is 5.60 Å². The van der Waals surface area contributed by atoms with Crippen molar-refractivity contribution < 1.29 is 9.84 Å². The summed E-state index contributed by atoms with van der Waals surface area (Å²) in [6, 6.07) is 5.39. The average molecular weight is 337 g/mol. The Labute approximate surface area is 122 Å². The minimum atomic E-state index is -0.916. The van der Waals surface area contributed by atoms with Crippen molar-refractivity contribution in [3.05, 3.63) is 27.7 Å². The van der Waals surface area contributed by atoms with E-state index in [1.54, 1.807) is 19.1 Å². The number of hydrogen-bond donors (Lipinski definition) is 2. The quantitative estimate of drug-likeness (QED) is 0.751. The van der Waals surface area contributed by atoms with Crippen LogP contribution in [0.15, 0.2) is 22.7 Å². The maximum absolute atomic E-state index is 10.1. The Hall–Kier alpha value is -0.290. The third-order valence-corrected chi connectivity index (χ3v) is 3.17. The van der Waals surface area contributed by atoms with Crippen molar-refractivity contribution in [3.63, 3.8) is 0 Å². The summed E-state index contributed by atoms with van der Waals surface area (Å²) in [6.07, 6.45) is 1.04. The molecular formula is C13H19BrClNO2. The molecule has 0 saturated heterocycles. The molecule has 0 aliphatic rings. The standard InChI is InChI=1S/C13H19BrClNO2/c1-3-6-16-8-13(2,17)9-18-12-7-10(14)4-5-11(12)15/h4-5,7,16-17H,3,6,8-9H2,1-2H3. The molecule has 102 valence electrons. The van der Waals surface area contributed by atoms with Crippen LogP contribution in [0.2, 0.25) is 5.02 Å². The number of benzene rings is 1. The van der Waals surface area contributed by atoms with Gasteiger partial charge in [-0.05, 0) is 38.1 Å². The molecule has 1 unspecified atom stereocenters. The monoisotopic (exact) mass is 335 g/mol. The van der Waals surface area contributed by atoms with Crippen LogP contribution in [0.25, 0.3) is 0 Å². The van der Waals surface area contributed by atoms with Crippen molar-refractivity contribution in [2.24, 2.45) is 0 Å². The molecule has 0 spiro atoms. The molecule has 0 aliphatic carbocycles. The summed E-state index contributed by atoms with van der Waals surface area (Å²) in [5.41, 5.74) is -0.916. The maximum Gasteiger partial charge on any atom is 0.139 e. The highest BCUT2D eigenvalue weighted by Gasteiger charge is 2.21.